The van der Waals surface area contributed by atoms with Crippen LogP contribution in [0, 0.1) is 5.92 Å². The van der Waals surface area contributed by atoms with Crippen LogP contribution in [-0.2, 0) is 0 Å². The van der Waals surface area contributed by atoms with Crippen molar-refractivity contribution in [3.8, 4) is 0 Å². The van der Waals surface area contributed by atoms with Crippen molar-refractivity contribution in [3.63, 3.8) is 0 Å². The van der Waals surface area contributed by atoms with Gasteiger partial charge in [0.05, 0.1) is 5.02 Å². The van der Waals surface area contributed by atoms with Crippen LogP contribution in [0.4, 0.5) is 0 Å². The van der Waals surface area contributed by atoms with Crippen molar-refractivity contribution >= 4 is 40.0 Å². The lowest BCUT2D eigenvalue weighted by atomic mass is 10.2. The molecule has 0 bridgehead atoms. The smallest absolute Gasteiger partial charge is 0.201 e. The molecule has 1 aromatic heterocycles. The zero-order valence-corrected chi connectivity index (χ0v) is 9.81. The first-order valence-corrected chi connectivity index (χ1v) is 5.83. The predicted octanol–water partition coefficient (Wildman–Crippen LogP) is 4.33. The molecule has 0 radical (unpaired) electrons. The van der Waals surface area contributed by atoms with Crippen LogP contribution < -0.4 is 0 Å². The molecule has 1 aliphatic carbocycles. The maximum Gasteiger partial charge on any atom is 0.201 e. The highest BCUT2D eigenvalue weighted by Gasteiger charge is 2.32. The van der Waals surface area contributed by atoms with E-state index in [-0.39, 0.29) is 11.7 Å². The molecule has 0 aliphatic heterocycles. The molecule has 82 valence electrons. The number of hydrogen-bond donors (Lipinski definition) is 0. The number of fused-ring (bicyclic) bond motifs is 1. The van der Waals surface area contributed by atoms with Crippen LogP contribution in [-0.4, -0.2) is 5.78 Å². The normalized spacial score (nSPS) is 15.6. The zero-order chi connectivity index (χ0) is 11.3. The molecule has 3 rings (SSSR count). The fourth-order valence-electron chi connectivity index (χ4n) is 1.74. The Balaban J connectivity index is 2.14. The van der Waals surface area contributed by atoms with Crippen LogP contribution in [0.5, 0.6) is 0 Å². The second kappa shape index (κ2) is 3.51. The molecule has 0 N–H and O–H groups in total. The average molecular weight is 255 g/mol. The minimum atomic E-state index is 0.0726. The van der Waals surface area contributed by atoms with Gasteiger partial charge in [0.15, 0.2) is 11.3 Å². The highest BCUT2D eigenvalue weighted by molar-refractivity contribution is 6.38. The van der Waals surface area contributed by atoms with Gasteiger partial charge in [0, 0.05) is 16.3 Å². The summed E-state index contributed by atoms with van der Waals surface area (Å²) < 4.78 is 5.48. The van der Waals surface area contributed by atoms with Gasteiger partial charge in [-0.2, -0.15) is 0 Å². The lowest BCUT2D eigenvalue weighted by Crippen LogP contribution is -1.98. The van der Waals surface area contributed by atoms with Crippen molar-refractivity contribution in [2.24, 2.45) is 5.92 Å². The van der Waals surface area contributed by atoms with E-state index in [2.05, 4.69) is 0 Å². The second-order valence-corrected chi connectivity index (χ2v) is 4.90. The standard InChI is InChI=1S/C12H8Cl2O2/c13-8-3-7-4-10(11(15)6-1-2-6)16-12(7)9(14)5-8/h3-6H,1-2H2. The number of halogens is 2. The lowest BCUT2D eigenvalue weighted by molar-refractivity contribution is 0.0942. The van der Waals surface area contributed by atoms with Gasteiger partial charge < -0.3 is 4.42 Å². The summed E-state index contributed by atoms with van der Waals surface area (Å²) in [6.45, 7) is 0. The number of ketones is 1. The summed E-state index contributed by atoms with van der Waals surface area (Å²) >= 11 is 11.9. The van der Waals surface area contributed by atoms with Gasteiger partial charge in [0.2, 0.25) is 5.78 Å². The van der Waals surface area contributed by atoms with Crippen LogP contribution in [0.2, 0.25) is 10.0 Å². The van der Waals surface area contributed by atoms with Gasteiger partial charge in [-0.15, -0.1) is 0 Å². The van der Waals surface area contributed by atoms with Crippen LogP contribution in [0.25, 0.3) is 11.0 Å². The summed E-state index contributed by atoms with van der Waals surface area (Å²) in [5.41, 5.74) is 0.537. The zero-order valence-electron chi connectivity index (χ0n) is 8.30. The van der Waals surface area contributed by atoms with E-state index >= 15 is 0 Å². The molecule has 1 saturated carbocycles. The van der Waals surface area contributed by atoms with E-state index in [4.69, 9.17) is 27.6 Å². The first-order valence-electron chi connectivity index (χ1n) is 5.08. The maximum absolute atomic E-state index is 11.8. The highest BCUT2D eigenvalue weighted by atomic mass is 35.5. The summed E-state index contributed by atoms with van der Waals surface area (Å²) in [5, 5.41) is 1.77. The molecule has 1 aliphatic rings. The number of carbonyl (C=O) groups excluding carboxylic acids is 1. The van der Waals surface area contributed by atoms with Gasteiger partial charge in [-0.3, -0.25) is 4.79 Å². The Kier molecular flexibility index (Phi) is 2.23. The quantitative estimate of drug-likeness (QED) is 0.747. The van der Waals surface area contributed by atoms with Crippen molar-refractivity contribution in [2.45, 2.75) is 12.8 Å². The maximum atomic E-state index is 11.8. The van der Waals surface area contributed by atoms with Crippen LogP contribution >= 0.6 is 23.2 Å². The Hall–Kier alpha value is -0.990. The van der Waals surface area contributed by atoms with Crippen LogP contribution in [0.3, 0.4) is 0 Å². The number of hydrogen-bond acceptors (Lipinski definition) is 2. The van der Waals surface area contributed by atoms with Gasteiger partial charge in [0.25, 0.3) is 0 Å². The third-order valence-electron chi connectivity index (χ3n) is 2.73. The Morgan fingerprint density at radius 2 is 2.00 bits per heavy atom. The topological polar surface area (TPSA) is 30.2 Å². The molecule has 16 heavy (non-hydrogen) atoms. The van der Waals surface area contributed by atoms with E-state index in [9.17, 15) is 4.79 Å². The largest absolute Gasteiger partial charge is 0.451 e. The van der Waals surface area contributed by atoms with Crippen molar-refractivity contribution in [1.29, 1.82) is 0 Å². The Morgan fingerprint density at radius 1 is 1.25 bits per heavy atom. The fraction of sp³-hybridized carbons (Fsp3) is 0.250. The minimum absolute atomic E-state index is 0.0726. The Labute approximate surface area is 102 Å². The van der Waals surface area contributed by atoms with E-state index in [1.807, 2.05) is 0 Å². The Bertz CT molecular complexity index is 582. The van der Waals surface area contributed by atoms with Crippen molar-refractivity contribution < 1.29 is 9.21 Å². The molecule has 0 atom stereocenters. The number of carbonyl (C=O) groups is 1. The van der Waals surface area contributed by atoms with Gasteiger partial charge in [-0.05, 0) is 31.0 Å². The number of furan rings is 1. The molecule has 0 unspecified atom stereocenters. The van der Waals surface area contributed by atoms with Gasteiger partial charge in [0.1, 0.15) is 0 Å². The van der Waals surface area contributed by atoms with E-state index in [0.717, 1.165) is 18.2 Å². The molecular weight excluding hydrogens is 247 g/mol. The molecular formula is C12H8Cl2O2. The van der Waals surface area contributed by atoms with E-state index in [0.29, 0.717) is 21.4 Å². The third-order valence-corrected chi connectivity index (χ3v) is 3.23. The molecule has 1 aromatic carbocycles. The molecule has 2 aromatic rings. The van der Waals surface area contributed by atoms with Crippen LogP contribution in [0.1, 0.15) is 23.4 Å². The summed E-state index contributed by atoms with van der Waals surface area (Å²) in [6.07, 6.45) is 1.93. The van der Waals surface area contributed by atoms with Gasteiger partial charge in [-0.1, -0.05) is 23.2 Å². The highest BCUT2D eigenvalue weighted by Crippen LogP contribution is 2.36. The predicted molar refractivity (Wildman–Crippen MR) is 63.3 cm³/mol. The van der Waals surface area contributed by atoms with Crippen molar-refractivity contribution in [1.82, 2.24) is 0 Å². The first kappa shape index (κ1) is 10.2. The van der Waals surface area contributed by atoms with Crippen molar-refractivity contribution in [2.75, 3.05) is 0 Å². The monoisotopic (exact) mass is 254 g/mol. The summed E-state index contributed by atoms with van der Waals surface area (Å²) in [4.78, 5) is 11.8. The lowest BCUT2D eigenvalue weighted by Gasteiger charge is -1.93. The molecule has 0 spiro atoms. The molecule has 4 heteroatoms. The van der Waals surface area contributed by atoms with Crippen LogP contribution in [0.15, 0.2) is 22.6 Å². The number of Topliss-reactive ketones (excluding diaryl/α,β-unsaturated/α-hetero) is 1. The molecule has 0 amide bonds. The SMILES string of the molecule is O=C(c1cc2cc(Cl)cc(Cl)c2o1)C1CC1. The minimum Gasteiger partial charge on any atom is -0.451 e. The van der Waals surface area contributed by atoms with E-state index < -0.39 is 0 Å². The molecule has 0 saturated heterocycles. The van der Waals surface area contributed by atoms with Gasteiger partial charge in [-0.25, -0.2) is 0 Å². The van der Waals surface area contributed by atoms with E-state index in [1.54, 1.807) is 18.2 Å². The third kappa shape index (κ3) is 1.62. The average Bonchev–Trinajstić information content (AvgIpc) is 2.97. The van der Waals surface area contributed by atoms with Gasteiger partial charge >= 0.3 is 0 Å². The molecule has 1 fully saturated rings. The Morgan fingerprint density at radius 3 is 2.69 bits per heavy atom. The van der Waals surface area contributed by atoms with E-state index in [1.165, 1.54) is 0 Å². The summed E-state index contributed by atoms with van der Waals surface area (Å²) in [6, 6.07) is 5.07. The molecule has 2 nitrogen and oxygen atoms in total. The molecule has 1 heterocycles. The summed E-state index contributed by atoms with van der Waals surface area (Å²) in [5.74, 6) is 0.611. The number of rotatable bonds is 2. The summed E-state index contributed by atoms with van der Waals surface area (Å²) in [7, 11) is 0. The second-order valence-electron chi connectivity index (χ2n) is 4.06. The fourth-order valence-corrected chi connectivity index (χ4v) is 2.29. The number of benzene rings is 1. The van der Waals surface area contributed by atoms with Crippen molar-refractivity contribution in [3.05, 3.63) is 34.0 Å². The first-order chi connectivity index (χ1) is 7.65.